The Hall–Kier alpha value is -1.10. The summed E-state index contributed by atoms with van der Waals surface area (Å²) in [6.45, 7) is 5.60. The number of benzene rings is 1. The molecule has 0 saturated carbocycles. The molecule has 0 bridgehead atoms. The topological polar surface area (TPSA) is 55.7 Å². The molecule has 0 aliphatic carbocycles. The predicted octanol–water partition coefficient (Wildman–Crippen LogP) is 8.10. The summed E-state index contributed by atoms with van der Waals surface area (Å²) < 4.78 is 0. The number of aliphatic hydroxyl groups excluding tert-OH is 2. The quantitative estimate of drug-likeness (QED) is 0.104. The molecule has 1 aromatic carbocycles. The van der Waals surface area contributed by atoms with Crippen LogP contribution in [0.15, 0.2) is 30.3 Å². The van der Waals surface area contributed by atoms with Gasteiger partial charge in [-0.1, -0.05) is 135 Å². The molecule has 4 nitrogen and oxygen atoms in total. The van der Waals surface area contributed by atoms with E-state index >= 15 is 0 Å². The van der Waals surface area contributed by atoms with Gasteiger partial charge in [0.25, 0.3) is 0 Å². The van der Waals surface area contributed by atoms with Crippen molar-refractivity contribution in [1.82, 2.24) is 5.01 Å². The minimum absolute atomic E-state index is 0.369. The summed E-state index contributed by atoms with van der Waals surface area (Å²) in [6.07, 6.45) is 21.4. The monoisotopic (exact) mass is 476 g/mol. The summed E-state index contributed by atoms with van der Waals surface area (Å²) in [5.74, 6) is 0. The van der Waals surface area contributed by atoms with Crippen LogP contribution in [0.5, 0.6) is 0 Å². The van der Waals surface area contributed by atoms with Gasteiger partial charge in [0.2, 0.25) is 0 Å². The predicted molar refractivity (Wildman–Crippen MR) is 148 cm³/mol. The summed E-state index contributed by atoms with van der Waals surface area (Å²) >= 11 is 0. The van der Waals surface area contributed by atoms with E-state index in [-0.39, 0.29) is 12.2 Å². The molecule has 1 rings (SSSR count). The van der Waals surface area contributed by atoms with Gasteiger partial charge in [-0.15, -0.1) is 0 Å². The van der Waals surface area contributed by atoms with Crippen LogP contribution in [0.1, 0.15) is 129 Å². The molecule has 198 valence electrons. The van der Waals surface area contributed by atoms with E-state index in [1.807, 2.05) is 35.3 Å². The first-order valence-corrected chi connectivity index (χ1v) is 14.6. The zero-order valence-electron chi connectivity index (χ0n) is 22.5. The van der Waals surface area contributed by atoms with Crippen molar-refractivity contribution in [3.05, 3.63) is 30.3 Å². The number of hydrogen-bond donors (Lipinski definition) is 3. The molecular weight excluding hydrogens is 420 g/mol. The molecule has 0 saturated heterocycles. The Bertz CT molecular complexity index is 512. The van der Waals surface area contributed by atoms with Crippen molar-refractivity contribution in [2.24, 2.45) is 0 Å². The number of nitrogens with one attached hydrogen (secondary N) is 1. The minimum atomic E-state index is -0.369. The van der Waals surface area contributed by atoms with Gasteiger partial charge in [0.05, 0.1) is 12.2 Å². The number of unbranched alkanes of at least 4 members (excludes halogenated alkanes) is 14. The summed E-state index contributed by atoms with van der Waals surface area (Å²) in [6, 6.07) is 10.1. The van der Waals surface area contributed by atoms with Crippen LogP contribution in [0, 0.1) is 0 Å². The normalized spacial score (nSPS) is 13.3. The maximum atomic E-state index is 10.7. The van der Waals surface area contributed by atoms with Crippen LogP contribution in [-0.2, 0) is 0 Å². The fourth-order valence-electron chi connectivity index (χ4n) is 4.58. The maximum Gasteiger partial charge on any atom is 0.0685 e. The molecule has 34 heavy (non-hydrogen) atoms. The van der Waals surface area contributed by atoms with Gasteiger partial charge in [-0.05, 0) is 25.0 Å². The fourth-order valence-corrected chi connectivity index (χ4v) is 4.58. The molecule has 2 atom stereocenters. The van der Waals surface area contributed by atoms with Crippen molar-refractivity contribution in [3.63, 3.8) is 0 Å². The molecule has 0 spiro atoms. The largest absolute Gasteiger partial charge is 0.392 e. The van der Waals surface area contributed by atoms with E-state index in [2.05, 4.69) is 19.3 Å². The van der Waals surface area contributed by atoms with Gasteiger partial charge in [-0.25, -0.2) is 5.01 Å². The van der Waals surface area contributed by atoms with Gasteiger partial charge >= 0.3 is 0 Å². The van der Waals surface area contributed by atoms with E-state index in [0.29, 0.717) is 13.1 Å². The Labute approximate surface area is 211 Å². The van der Waals surface area contributed by atoms with E-state index in [1.54, 1.807) is 0 Å². The molecule has 4 heteroatoms. The molecule has 0 aliphatic rings. The van der Waals surface area contributed by atoms with E-state index in [1.165, 1.54) is 89.9 Å². The lowest BCUT2D eigenvalue weighted by Gasteiger charge is -2.28. The highest BCUT2D eigenvalue weighted by atomic mass is 16.3. The fraction of sp³-hybridized carbons (Fsp3) is 0.800. The van der Waals surface area contributed by atoms with Crippen LogP contribution in [0.3, 0.4) is 0 Å². The van der Waals surface area contributed by atoms with Crippen LogP contribution in [0.2, 0.25) is 0 Å². The lowest BCUT2D eigenvalue weighted by Crippen LogP contribution is -2.41. The number of nitrogens with zero attached hydrogens (tertiary/aromatic N) is 1. The van der Waals surface area contributed by atoms with Crippen molar-refractivity contribution in [2.75, 3.05) is 18.5 Å². The second-order valence-electron chi connectivity index (χ2n) is 10.2. The maximum absolute atomic E-state index is 10.7. The van der Waals surface area contributed by atoms with Crippen molar-refractivity contribution >= 4 is 5.69 Å². The van der Waals surface area contributed by atoms with Gasteiger partial charge < -0.3 is 15.6 Å². The SMILES string of the molecule is CCCCCCCCCCC(O)CN(CC(O)CCCCCCCCCC)Nc1ccccc1. The van der Waals surface area contributed by atoms with Crippen LogP contribution >= 0.6 is 0 Å². The van der Waals surface area contributed by atoms with Crippen molar-refractivity contribution < 1.29 is 10.2 Å². The first-order chi connectivity index (χ1) is 16.7. The van der Waals surface area contributed by atoms with Crippen molar-refractivity contribution in [3.8, 4) is 0 Å². The van der Waals surface area contributed by atoms with Crippen molar-refractivity contribution in [1.29, 1.82) is 0 Å². The third kappa shape index (κ3) is 18.3. The highest BCUT2D eigenvalue weighted by molar-refractivity contribution is 5.41. The Balaban J connectivity index is 2.30. The number of para-hydroxylation sites is 1. The Kier molecular flexibility index (Phi) is 20.3. The number of anilines is 1. The molecule has 0 aromatic heterocycles. The van der Waals surface area contributed by atoms with Gasteiger partial charge in [0.1, 0.15) is 0 Å². The van der Waals surface area contributed by atoms with Gasteiger partial charge in [-0.3, -0.25) is 0 Å². The molecule has 1 aromatic rings. The molecule has 0 radical (unpaired) electrons. The molecule has 0 heterocycles. The molecule has 2 unspecified atom stereocenters. The van der Waals surface area contributed by atoms with Crippen LogP contribution in [0.4, 0.5) is 5.69 Å². The highest BCUT2D eigenvalue weighted by Gasteiger charge is 2.16. The van der Waals surface area contributed by atoms with Crippen LogP contribution in [0.25, 0.3) is 0 Å². The zero-order chi connectivity index (χ0) is 24.7. The third-order valence-corrected chi connectivity index (χ3v) is 6.71. The third-order valence-electron chi connectivity index (χ3n) is 6.71. The molecule has 0 fully saturated rings. The van der Waals surface area contributed by atoms with Gasteiger partial charge in [0, 0.05) is 18.8 Å². The first-order valence-electron chi connectivity index (χ1n) is 14.6. The van der Waals surface area contributed by atoms with E-state index in [9.17, 15) is 10.2 Å². The standard InChI is InChI=1S/C30H56N2O2/c1-3-5-7-9-11-13-15-20-24-29(33)26-32(31-28-22-18-17-19-23-28)27-30(34)25-21-16-14-12-10-8-6-4-2/h17-19,22-23,29-31,33-34H,3-16,20-21,24-27H2,1-2H3. The number of hydrogen-bond acceptors (Lipinski definition) is 4. The Morgan fingerprint density at radius 3 is 1.38 bits per heavy atom. The molecule has 0 amide bonds. The highest BCUT2D eigenvalue weighted by Crippen LogP contribution is 2.15. The summed E-state index contributed by atoms with van der Waals surface area (Å²) in [5.41, 5.74) is 4.42. The van der Waals surface area contributed by atoms with Gasteiger partial charge in [0.15, 0.2) is 0 Å². The van der Waals surface area contributed by atoms with E-state index in [4.69, 9.17) is 0 Å². The summed E-state index contributed by atoms with van der Waals surface area (Å²) in [5, 5.41) is 23.3. The smallest absolute Gasteiger partial charge is 0.0685 e. The summed E-state index contributed by atoms with van der Waals surface area (Å²) in [4.78, 5) is 0. The van der Waals surface area contributed by atoms with Crippen LogP contribution in [-0.4, -0.2) is 40.5 Å². The lowest BCUT2D eigenvalue weighted by molar-refractivity contribution is 0.0730. The Morgan fingerprint density at radius 1 is 0.588 bits per heavy atom. The minimum Gasteiger partial charge on any atom is -0.392 e. The summed E-state index contributed by atoms with van der Waals surface area (Å²) in [7, 11) is 0. The first kappa shape index (κ1) is 30.9. The number of aliphatic hydroxyl groups is 2. The number of hydrazine groups is 1. The molecule has 3 N–H and O–H groups in total. The molecule has 0 aliphatic heterocycles. The van der Waals surface area contributed by atoms with Crippen molar-refractivity contribution in [2.45, 2.75) is 142 Å². The van der Waals surface area contributed by atoms with E-state index < -0.39 is 0 Å². The average molecular weight is 477 g/mol. The number of rotatable bonds is 24. The second kappa shape index (κ2) is 22.4. The molecular formula is C30H56N2O2. The lowest BCUT2D eigenvalue weighted by atomic mass is 10.0. The average Bonchev–Trinajstić information content (AvgIpc) is 2.83. The zero-order valence-corrected chi connectivity index (χ0v) is 22.5. The Morgan fingerprint density at radius 2 is 0.971 bits per heavy atom. The van der Waals surface area contributed by atoms with Crippen LogP contribution < -0.4 is 5.43 Å². The van der Waals surface area contributed by atoms with Gasteiger partial charge in [-0.2, -0.15) is 0 Å². The van der Waals surface area contributed by atoms with E-state index in [0.717, 1.165) is 31.4 Å². The second-order valence-corrected chi connectivity index (χ2v) is 10.2.